The highest BCUT2D eigenvalue weighted by molar-refractivity contribution is 5.28. The summed E-state index contributed by atoms with van der Waals surface area (Å²) in [6.45, 7) is 4.93. The number of nitrogens with zero attached hydrogens (tertiary/aromatic N) is 1. The highest BCUT2D eigenvalue weighted by atomic mass is 16.5. The van der Waals surface area contributed by atoms with Crippen LogP contribution in [0.5, 0.6) is 0 Å². The molecule has 4 aliphatic rings. The molecule has 0 radical (unpaired) electrons. The summed E-state index contributed by atoms with van der Waals surface area (Å²) in [4.78, 5) is 0. The Kier molecular flexibility index (Phi) is 4.28. The van der Waals surface area contributed by atoms with Crippen LogP contribution in [0, 0.1) is 45.8 Å². The van der Waals surface area contributed by atoms with E-state index in [4.69, 9.17) is 4.74 Å². The fourth-order valence-corrected chi connectivity index (χ4v) is 7.66. The standard InChI is InChI=1S/C22H33NO2/c1-21-10-8-18-16(17(21)7-5-14(21)9-11-23)6-4-15-12-19(24)20(25-3)13-22(15,18)2/h9,15-20,24H,4-8,10,12-13H2,1-3H3/b14-9-/t15-,16+,17+,18+,19+,20+,21-,22+/m1/s1. The summed E-state index contributed by atoms with van der Waals surface area (Å²) in [7, 11) is 1.76. The Balaban J connectivity index is 1.63. The van der Waals surface area contributed by atoms with Gasteiger partial charge < -0.3 is 9.84 Å². The van der Waals surface area contributed by atoms with Gasteiger partial charge in [-0.2, -0.15) is 5.26 Å². The number of methoxy groups -OCH3 is 1. The minimum absolute atomic E-state index is 0.00549. The molecular weight excluding hydrogens is 310 g/mol. The zero-order chi connectivity index (χ0) is 17.8. The normalized spacial score (nSPS) is 53.6. The van der Waals surface area contributed by atoms with Crippen molar-refractivity contribution in [3.8, 4) is 6.07 Å². The van der Waals surface area contributed by atoms with Crippen LogP contribution in [0.2, 0.25) is 0 Å². The fraction of sp³-hybridized carbons (Fsp3) is 0.864. The second-order valence-electron chi connectivity index (χ2n) is 9.73. The summed E-state index contributed by atoms with van der Waals surface area (Å²) in [5, 5.41) is 19.6. The quantitative estimate of drug-likeness (QED) is 0.715. The van der Waals surface area contributed by atoms with Gasteiger partial charge in [0.25, 0.3) is 0 Å². The van der Waals surface area contributed by atoms with Gasteiger partial charge >= 0.3 is 0 Å². The molecule has 138 valence electrons. The molecule has 0 heterocycles. The molecule has 0 aromatic heterocycles. The third-order valence-corrected chi connectivity index (χ3v) is 9.05. The van der Waals surface area contributed by atoms with E-state index in [-0.39, 0.29) is 17.6 Å². The third-order valence-electron chi connectivity index (χ3n) is 9.05. The van der Waals surface area contributed by atoms with E-state index < -0.39 is 0 Å². The molecule has 4 aliphatic carbocycles. The summed E-state index contributed by atoms with van der Waals surface area (Å²) >= 11 is 0. The predicted molar refractivity (Wildman–Crippen MR) is 97.6 cm³/mol. The Morgan fingerprint density at radius 3 is 2.72 bits per heavy atom. The maximum absolute atomic E-state index is 10.4. The number of fused-ring (bicyclic) bond motifs is 5. The van der Waals surface area contributed by atoms with Gasteiger partial charge in [-0.25, -0.2) is 0 Å². The molecule has 4 fully saturated rings. The highest BCUT2D eigenvalue weighted by Gasteiger charge is 2.60. The van der Waals surface area contributed by atoms with Crippen LogP contribution in [-0.2, 0) is 4.74 Å². The number of nitriles is 1. The molecule has 0 aliphatic heterocycles. The zero-order valence-electron chi connectivity index (χ0n) is 16.0. The van der Waals surface area contributed by atoms with E-state index in [2.05, 4.69) is 19.9 Å². The number of ether oxygens (including phenoxy) is 1. The number of hydrogen-bond donors (Lipinski definition) is 1. The molecule has 4 saturated carbocycles. The zero-order valence-corrected chi connectivity index (χ0v) is 16.0. The van der Waals surface area contributed by atoms with E-state index in [0.717, 1.165) is 37.0 Å². The lowest BCUT2D eigenvalue weighted by Crippen LogP contribution is -2.56. The summed E-state index contributed by atoms with van der Waals surface area (Å²) in [5.41, 5.74) is 1.99. The van der Waals surface area contributed by atoms with Crippen molar-refractivity contribution in [3.05, 3.63) is 11.6 Å². The summed E-state index contributed by atoms with van der Waals surface area (Å²) < 4.78 is 5.66. The first-order valence-electron chi connectivity index (χ1n) is 10.2. The summed E-state index contributed by atoms with van der Waals surface area (Å²) in [6.07, 6.45) is 11.0. The van der Waals surface area contributed by atoms with Gasteiger partial charge in [0.15, 0.2) is 0 Å². The van der Waals surface area contributed by atoms with Crippen LogP contribution in [0.15, 0.2) is 11.6 Å². The van der Waals surface area contributed by atoms with Crippen molar-refractivity contribution in [2.45, 2.75) is 77.4 Å². The molecule has 0 unspecified atom stereocenters. The number of aliphatic hydroxyl groups is 1. The lowest BCUT2D eigenvalue weighted by atomic mass is 9.44. The minimum atomic E-state index is -0.287. The average Bonchev–Trinajstić information content (AvgIpc) is 2.92. The number of allylic oxidation sites excluding steroid dienone is 2. The van der Waals surface area contributed by atoms with Crippen molar-refractivity contribution in [2.24, 2.45) is 34.5 Å². The topological polar surface area (TPSA) is 53.2 Å². The van der Waals surface area contributed by atoms with Gasteiger partial charge in [-0.05, 0) is 85.9 Å². The molecule has 0 aromatic rings. The van der Waals surface area contributed by atoms with Crippen LogP contribution in [0.25, 0.3) is 0 Å². The van der Waals surface area contributed by atoms with Gasteiger partial charge in [0.1, 0.15) is 0 Å². The van der Waals surface area contributed by atoms with Crippen LogP contribution < -0.4 is 0 Å². The molecule has 0 bridgehead atoms. The summed E-state index contributed by atoms with van der Waals surface area (Å²) in [5.74, 6) is 2.94. The Hall–Kier alpha value is -0.850. The van der Waals surface area contributed by atoms with Crippen molar-refractivity contribution in [2.75, 3.05) is 7.11 Å². The minimum Gasteiger partial charge on any atom is -0.390 e. The molecule has 0 saturated heterocycles. The van der Waals surface area contributed by atoms with E-state index >= 15 is 0 Å². The fourth-order valence-electron chi connectivity index (χ4n) is 7.66. The predicted octanol–water partition coefficient (Wildman–Crippen LogP) is 4.46. The highest BCUT2D eigenvalue weighted by Crippen LogP contribution is 2.67. The maximum Gasteiger partial charge on any atom is 0.0911 e. The second-order valence-corrected chi connectivity index (χ2v) is 9.73. The van der Waals surface area contributed by atoms with Crippen molar-refractivity contribution in [3.63, 3.8) is 0 Å². The summed E-state index contributed by atoms with van der Waals surface area (Å²) in [6, 6.07) is 2.30. The van der Waals surface area contributed by atoms with Gasteiger partial charge in [0, 0.05) is 13.2 Å². The molecule has 3 nitrogen and oxygen atoms in total. The maximum atomic E-state index is 10.4. The van der Waals surface area contributed by atoms with Gasteiger partial charge in [0.2, 0.25) is 0 Å². The van der Waals surface area contributed by atoms with E-state index in [1.165, 1.54) is 37.7 Å². The van der Waals surface area contributed by atoms with E-state index in [1.807, 2.05) is 6.08 Å². The van der Waals surface area contributed by atoms with Crippen molar-refractivity contribution < 1.29 is 9.84 Å². The molecule has 8 atom stereocenters. The number of hydrogen-bond acceptors (Lipinski definition) is 3. The van der Waals surface area contributed by atoms with Crippen molar-refractivity contribution in [1.29, 1.82) is 5.26 Å². The Labute approximate surface area is 152 Å². The SMILES string of the molecule is CO[C@H]1C[C@@]2(C)[C@H](CC[C@@H]3[C@@H]2CC[C@]2(C)/C(=C\C#N)CC[C@@H]32)C[C@@H]1O. The Morgan fingerprint density at radius 1 is 1.20 bits per heavy atom. The van der Waals surface area contributed by atoms with E-state index in [9.17, 15) is 10.4 Å². The number of aliphatic hydroxyl groups excluding tert-OH is 1. The first-order chi connectivity index (χ1) is 11.9. The van der Waals surface area contributed by atoms with Gasteiger partial charge in [0.05, 0.1) is 18.3 Å². The number of rotatable bonds is 1. The molecule has 25 heavy (non-hydrogen) atoms. The molecule has 0 amide bonds. The van der Waals surface area contributed by atoms with Crippen LogP contribution in [0.3, 0.4) is 0 Å². The largest absolute Gasteiger partial charge is 0.390 e. The van der Waals surface area contributed by atoms with Crippen molar-refractivity contribution >= 4 is 0 Å². The van der Waals surface area contributed by atoms with Crippen molar-refractivity contribution in [1.82, 2.24) is 0 Å². The molecule has 4 rings (SSSR count). The molecule has 0 spiro atoms. The lowest BCUT2D eigenvalue weighted by Gasteiger charge is -2.61. The molecule has 0 aromatic carbocycles. The van der Waals surface area contributed by atoms with Crippen LogP contribution >= 0.6 is 0 Å². The van der Waals surface area contributed by atoms with Crippen LogP contribution in [0.1, 0.15) is 65.2 Å². The Bertz CT molecular complexity index is 608. The molecule has 1 N–H and O–H groups in total. The average molecular weight is 344 g/mol. The van der Waals surface area contributed by atoms with E-state index in [1.54, 1.807) is 7.11 Å². The van der Waals surface area contributed by atoms with Gasteiger partial charge in [-0.3, -0.25) is 0 Å². The smallest absolute Gasteiger partial charge is 0.0911 e. The van der Waals surface area contributed by atoms with Crippen LogP contribution in [-0.4, -0.2) is 24.4 Å². The first-order valence-corrected chi connectivity index (χ1v) is 10.2. The van der Waals surface area contributed by atoms with Gasteiger partial charge in [-0.15, -0.1) is 0 Å². The van der Waals surface area contributed by atoms with E-state index in [0.29, 0.717) is 11.3 Å². The molecular formula is C22H33NO2. The second kappa shape index (κ2) is 6.10. The lowest BCUT2D eigenvalue weighted by molar-refractivity contribution is -0.161. The van der Waals surface area contributed by atoms with Crippen LogP contribution in [0.4, 0.5) is 0 Å². The third kappa shape index (κ3) is 2.44. The first kappa shape index (κ1) is 17.6. The van der Waals surface area contributed by atoms with Gasteiger partial charge in [-0.1, -0.05) is 19.4 Å². The Morgan fingerprint density at radius 2 is 2.00 bits per heavy atom. The molecule has 3 heteroatoms. The monoisotopic (exact) mass is 343 g/mol.